The molecule has 0 radical (unpaired) electrons. The van der Waals surface area contributed by atoms with Gasteiger partial charge in [-0.15, -0.1) is 13.2 Å². The van der Waals surface area contributed by atoms with Crippen LogP contribution >= 0.6 is 0 Å². The molecule has 3 heterocycles. The molecule has 1 aromatic carbocycles. The van der Waals surface area contributed by atoms with Gasteiger partial charge >= 0.3 is 6.36 Å². The summed E-state index contributed by atoms with van der Waals surface area (Å²) in [5.41, 5.74) is 2.39. The van der Waals surface area contributed by atoms with Crippen LogP contribution in [-0.2, 0) is 11.2 Å². The van der Waals surface area contributed by atoms with Gasteiger partial charge in [-0.05, 0) is 94.1 Å². The highest BCUT2D eigenvalue weighted by Gasteiger charge is 2.45. The third-order valence-corrected chi connectivity index (χ3v) is 8.73. The molecule has 3 fully saturated rings. The summed E-state index contributed by atoms with van der Waals surface area (Å²) >= 11 is 0. The topological polar surface area (TPSA) is 44.8 Å². The summed E-state index contributed by atoms with van der Waals surface area (Å²) in [6, 6.07) is 6.90. The number of fused-ring (bicyclic) bond motifs is 6. The first-order chi connectivity index (χ1) is 17.9. The normalized spacial score (nSPS) is 28.1. The Balaban J connectivity index is 1.01. The fourth-order valence-electron chi connectivity index (χ4n) is 7.24. The average molecular weight is 520 g/mol. The van der Waals surface area contributed by atoms with Gasteiger partial charge in [0.15, 0.2) is 0 Å². The molecule has 1 aliphatic carbocycles. The summed E-state index contributed by atoms with van der Waals surface area (Å²) in [6.45, 7) is 5.53. The highest BCUT2D eigenvalue weighted by Crippen LogP contribution is 2.45. The highest BCUT2D eigenvalue weighted by molar-refractivity contribution is 5.78. The fourth-order valence-corrected chi connectivity index (χ4v) is 7.24. The third-order valence-electron chi connectivity index (χ3n) is 8.73. The molecule has 5 rings (SSSR count). The third kappa shape index (κ3) is 6.88. The molecule has 204 valence electrons. The number of amides is 1. The van der Waals surface area contributed by atoms with Crippen LogP contribution in [0, 0.1) is 11.8 Å². The SMILES string of the molecule is O=C(Cc1ccc(OC(F)(F)F)cc1)NCCCCCN1CCCC2=C[C@H]3C[C@H](CN4CCCC[C@H]34)[C@@H]21. The zero-order valence-corrected chi connectivity index (χ0v) is 21.6. The number of benzene rings is 1. The van der Waals surface area contributed by atoms with Crippen LogP contribution in [0.4, 0.5) is 13.2 Å². The molecule has 3 aliphatic heterocycles. The van der Waals surface area contributed by atoms with Crippen LogP contribution in [0.15, 0.2) is 35.9 Å². The molecule has 5 nitrogen and oxygen atoms in total. The lowest BCUT2D eigenvalue weighted by atomic mass is 9.68. The number of nitrogens with zero attached hydrogens (tertiary/aromatic N) is 2. The lowest BCUT2D eigenvalue weighted by Crippen LogP contribution is -2.59. The number of hydrogen-bond acceptors (Lipinski definition) is 4. The number of carbonyl (C=O) groups excluding carboxylic acids is 1. The molecule has 8 heteroatoms. The Morgan fingerprint density at radius 3 is 2.70 bits per heavy atom. The molecule has 1 N–H and O–H groups in total. The number of rotatable bonds is 9. The standard InChI is InChI=1S/C29H40F3N3O2/c30-29(31,32)37-25-11-9-21(10-12-25)17-27(36)33-13-3-1-4-14-34-16-6-7-22-18-23-19-24(28(22)34)20-35-15-5-2-8-26(23)35/h9-12,18,23-24,26,28H,1-8,13-17,19-20H2,(H,33,36)/t23-,24+,26+,28+/m0/s1. The number of alkyl halides is 3. The second kappa shape index (κ2) is 11.8. The van der Waals surface area contributed by atoms with Gasteiger partial charge < -0.3 is 10.1 Å². The van der Waals surface area contributed by atoms with Gasteiger partial charge in [0.2, 0.25) is 5.91 Å². The second-order valence-corrected chi connectivity index (χ2v) is 11.3. The molecule has 4 atom stereocenters. The summed E-state index contributed by atoms with van der Waals surface area (Å²) in [4.78, 5) is 17.8. The van der Waals surface area contributed by atoms with E-state index in [1.165, 1.54) is 82.4 Å². The zero-order chi connectivity index (χ0) is 25.8. The average Bonchev–Trinajstić information content (AvgIpc) is 2.86. The van der Waals surface area contributed by atoms with Crippen molar-refractivity contribution in [3.05, 3.63) is 41.5 Å². The molecular formula is C29H40F3N3O2. The van der Waals surface area contributed by atoms with Gasteiger partial charge in [-0.3, -0.25) is 14.6 Å². The van der Waals surface area contributed by atoms with Gasteiger partial charge in [0, 0.05) is 25.2 Å². The Morgan fingerprint density at radius 1 is 1.05 bits per heavy atom. The molecule has 0 unspecified atom stereocenters. The van der Waals surface area contributed by atoms with Crippen molar-refractivity contribution in [1.82, 2.24) is 15.1 Å². The van der Waals surface area contributed by atoms with E-state index in [2.05, 4.69) is 25.9 Å². The molecule has 1 amide bonds. The van der Waals surface area contributed by atoms with Crippen LogP contribution in [0.25, 0.3) is 0 Å². The lowest BCUT2D eigenvalue weighted by Gasteiger charge is -2.55. The number of unbranched alkanes of at least 4 members (excludes halogenated alkanes) is 2. The Labute approximate surface area is 218 Å². The van der Waals surface area contributed by atoms with E-state index in [0.717, 1.165) is 43.7 Å². The number of ether oxygens (including phenoxy) is 1. The highest BCUT2D eigenvalue weighted by atomic mass is 19.4. The number of piperidine rings is 3. The summed E-state index contributed by atoms with van der Waals surface area (Å²) in [7, 11) is 0. The van der Waals surface area contributed by atoms with E-state index in [9.17, 15) is 18.0 Å². The first-order valence-corrected chi connectivity index (χ1v) is 14.2. The Morgan fingerprint density at radius 2 is 1.89 bits per heavy atom. The number of halogens is 3. The van der Waals surface area contributed by atoms with E-state index < -0.39 is 6.36 Å². The van der Waals surface area contributed by atoms with Crippen molar-refractivity contribution in [1.29, 1.82) is 0 Å². The summed E-state index contributed by atoms with van der Waals surface area (Å²) in [5, 5.41) is 2.94. The van der Waals surface area contributed by atoms with Gasteiger partial charge in [0.25, 0.3) is 0 Å². The molecule has 4 aliphatic rings. The molecule has 1 aromatic rings. The molecule has 0 aromatic heterocycles. The molecule has 2 bridgehead atoms. The minimum absolute atomic E-state index is 0.111. The molecule has 0 saturated carbocycles. The van der Waals surface area contributed by atoms with Gasteiger partial charge in [-0.25, -0.2) is 0 Å². The maximum Gasteiger partial charge on any atom is 0.573 e. The van der Waals surface area contributed by atoms with Crippen LogP contribution in [0.2, 0.25) is 0 Å². The predicted molar refractivity (Wildman–Crippen MR) is 137 cm³/mol. The van der Waals surface area contributed by atoms with E-state index in [-0.39, 0.29) is 18.1 Å². The van der Waals surface area contributed by atoms with Gasteiger partial charge in [0.1, 0.15) is 5.75 Å². The Kier molecular flexibility index (Phi) is 8.44. The smallest absolute Gasteiger partial charge is 0.406 e. The summed E-state index contributed by atoms with van der Waals surface area (Å²) < 4.78 is 40.7. The van der Waals surface area contributed by atoms with Crippen LogP contribution < -0.4 is 10.1 Å². The monoisotopic (exact) mass is 519 g/mol. The zero-order valence-electron chi connectivity index (χ0n) is 21.6. The summed E-state index contributed by atoms with van der Waals surface area (Å²) in [6.07, 6.45) is 9.35. The van der Waals surface area contributed by atoms with Crippen molar-refractivity contribution >= 4 is 5.91 Å². The first-order valence-electron chi connectivity index (χ1n) is 14.2. The van der Waals surface area contributed by atoms with Crippen molar-refractivity contribution < 1.29 is 22.7 Å². The second-order valence-electron chi connectivity index (χ2n) is 11.3. The van der Waals surface area contributed by atoms with Gasteiger partial charge in [-0.1, -0.05) is 36.6 Å². The number of nitrogens with one attached hydrogen (secondary N) is 1. The maximum atomic E-state index is 12.3. The van der Waals surface area contributed by atoms with E-state index in [1.807, 2.05) is 0 Å². The van der Waals surface area contributed by atoms with Crippen molar-refractivity contribution in [2.45, 2.75) is 82.7 Å². The van der Waals surface area contributed by atoms with Crippen molar-refractivity contribution in [2.24, 2.45) is 11.8 Å². The largest absolute Gasteiger partial charge is 0.573 e. The van der Waals surface area contributed by atoms with Gasteiger partial charge in [-0.2, -0.15) is 0 Å². The first kappa shape index (κ1) is 26.5. The Hall–Kier alpha value is -2.06. The van der Waals surface area contributed by atoms with Crippen LogP contribution in [0.5, 0.6) is 5.75 Å². The lowest BCUT2D eigenvalue weighted by molar-refractivity contribution is -0.274. The van der Waals surface area contributed by atoms with Crippen molar-refractivity contribution in [3.63, 3.8) is 0 Å². The Bertz CT molecular complexity index is 949. The van der Waals surface area contributed by atoms with E-state index >= 15 is 0 Å². The van der Waals surface area contributed by atoms with E-state index in [0.29, 0.717) is 18.2 Å². The van der Waals surface area contributed by atoms with E-state index in [4.69, 9.17) is 0 Å². The maximum absolute atomic E-state index is 12.3. The molecule has 0 spiro atoms. The molecule has 3 saturated heterocycles. The number of hydrogen-bond donors (Lipinski definition) is 1. The minimum Gasteiger partial charge on any atom is -0.406 e. The van der Waals surface area contributed by atoms with Crippen LogP contribution in [0.1, 0.15) is 63.4 Å². The van der Waals surface area contributed by atoms with Gasteiger partial charge in [0.05, 0.1) is 6.42 Å². The van der Waals surface area contributed by atoms with Crippen molar-refractivity contribution in [2.75, 3.05) is 32.7 Å². The summed E-state index contributed by atoms with van der Waals surface area (Å²) in [5.74, 6) is 1.17. The molecule has 37 heavy (non-hydrogen) atoms. The molecular weight excluding hydrogens is 479 g/mol. The van der Waals surface area contributed by atoms with Crippen LogP contribution in [0.3, 0.4) is 0 Å². The number of carbonyl (C=O) groups is 1. The van der Waals surface area contributed by atoms with E-state index in [1.54, 1.807) is 5.57 Å². The fraction of sp³-hybridized carbons (Fsp3) is 0.690. The van der Waals surface area contributed by atoms with Crippen LogP contribution in [-0.4, -0.2) is 66.9 Å². The minimum atomic E-state index is -4.71. The van der Waals surface area contributed by atoms with Crippen molar-refractivity contribution in [3.8, 4) is 5.75 Å². The quantitative estimate of drug-likeness (QED) is 0.355. The number of likely N-dealkylation sites (tertiary alicyclic amines) is 1. The predicted octanol–water partition coefficient (Wildman–Crippen LogP) is 5.31.